The van der Waals surface area contributed by atoms with Gasteiger partial charge >= 0.3 is 12.0 Å². The molecule has 2 aromatic carbocycles. The van der Waals surface area contributed by atoms with E-state index < -0.39 is 16.8 Å². The van der Waals surface area contributed by atoms with Crippen LogP contribution in [0.4, 0.5) is 15.1 Å². The molecule has 0 aliphatic carbocycles. The average Bonchev–Trinajstić information content (AvgIpc) is 3.19. The number of nitrogens with one attached hydrogen (secondary N) is 4. The second kappa shape index (κ2) is 9.89. The summed E-state index contributed by atoms with van der Waals surface area (Å²) in [6.07, 6.45) is 0. The molecule has 4 N–H and O–H groups in total. The number of carbonyl (C=O) groups is 2. The quantitative estimate of drug-likeness (QED) is 0.360. The molecular formula is C24H29ClFN5O3. The number of ether oxygens (including phenoxy) is 1. The summed E-state index contributed by atoms with van der Waals surface area (Å²) >= 11 is 6.04. The third kappa shape index (κ3) is 5.77. The van der Waals surface area contributed by atoms with E-state index in [2.05, 4.69) is 25.9 Å². The number of aromatic nitrogens is 2. The number of amides is 2. The topological polar surface area (TPSA) is 108 Å². The zero-order valence-corrected chi connectivity index (χ0v) is 20.6. The van der Waals surface area contributed by atoms with Gasteiger partial charge in [0.1, 0.15) is 12.4 Å². The Morgan fingerprint density at radius 2 is 1.91 bits per heavy atom. The van der Waals surface area contributed by atoms with Crippen LogP contribution in [0.15, 0.2) is 36.4 Å². The molecule has 1 atom stereocenters. The minimum atomic E-state index is -0.980. The van der Waals surface area contributed by atoms with E-state index in [0.29, 0.717) is 17.0 Å². The summed E-state index contributed by atoms with van der Waals surface area (Å²) in [5.41, 5.74) is 1.19. The minimum absolute atomic E-state index is 0.0418. The number of urea groups is 1. The number of hydrogen-bond donors (Lipinski definition) is 4. The number of aromatic amines is 1. The number of rotatable bonds is 7. The Balaban J connectivity index is 1.94. The van der Waals surface area contributed by atoms with Crippen molar-refractivity contribution in [2.24, 2.45) is 5.41 Å². The highest BCUT2D eigenvalue weighted by atomic mass is 35.5. The lowest BCUT2D eigenvalue weighted by Gasteiger charge is -2.32. The Kier molecular flexibility index (Phi) is 7.35. The molecule has 1 unspecified atom stereocenters. The largest absolute Gasteiger partial charge is 0.462 e. The summed E-state index contributed by atoms with van der Waals surface area (Å²) in [5, 5.41) is 8.51. The van der Waals surface area contributed by atoms with Crippen molar-refractivity contribution in [2.45, 2.75) is 39.8 Å². The molecule has 0 spiro atoms. The Morgan fingerprint density at radius 3 is 2.56 bits per heavy atom. The molecule has 0 aliphatic rings. The second-order valence-corrected chi connectivity index (χ2v) is 9.65. The summed E-state index contributed by atoms with van der Waals surface area (Å²) in [7, 11) is 1.54. The fourth-order valence-corrected chi connectivity index (χ4v) is 3.46. The first kappa shape index (κ1) is 25.3. The Labute approximate surface area is 202 Å². The second-order valence-electron chi connectivity index (χ2n) is 9.24. The van der Waals surface area contributed by atoms with Gasteiger partial charge in [-0.25, -0.2) is 14.2 Å². The van der Waals surface area contributed by atoms with Crippen LogP contribution >= 0.6 is 11.6 Å². The van der Waals surface area contributed by atoms with Crippen molar-refractivity contribution in [3.63, 3.8) is 0 Å². The maximum atomic E-state index is 13.8. The van der Waals surface area contributed by atoms with Crippen molar-refractivity contribution in [3.05, 3.63) is 58.4 Å². The van der Waals surface area contributed by atoms with E-state index in [1.807, 2.05) is 25.1 Å². The van der Waals surface area contributed by atoms with Crippen LogP contribution in [0.1, 0.15) is 38.8 Å². The molecule has 3 rings (SSSR count). The van der Waals surface area contributed by atoms with Gasteiger partial charge in [-0.2, -0.15) is 0 Å². The SMILES string of the molecule is CNC(=O)NCc1cccc2[nH]c(NC(C)(COC(=O)C(C)(C)C)c3ccc(F)c(Cl)c3)nc12. The zero-order chi connectivity index (χ0) is 25.1. The van der Waals surface area contributed by atoms with Crippen LogP contribution in [0, 0.1) is 11.2 Å². The Bertz CT molecular complexity index is 1210. The molecule has 2 amide bonds. The first-order valence-electron chi connectivity index (χ1n) is 10.8. The molecule has 1 aromatic heterocycles. The summed E-state index contributed by atoms with van der Waals surface area (Å²) < 4.78 is 19.4. The summed E-state index contributed by atoms with van der Waals surface area (Å²) in [5.74, 6) is -0.505. The molecule has 182 valence electrons. The van der Waals surface area contributed by atoms with Crippen molar-refractivity contribution >= 4 is 40.6 Å². The van der Waals surface area contributed by atoms with Gasteiger partial charge in [0.05, 0.1) is 27.0 Å². The summed E-state index contributed by atoms with van der Waals surface area (Å²) in [6, 6.07) is 9.64. The van der Waals surface area contributed by atoms with Crippen molar-refractivity contribution in [1.82, 2.24) is 20.6 Å². The highest BCUT2D eigenvalue weighted by molar-refractivity contribution is 6.30. The van der Waals surface area contributed by atoms with Crippen LogP contribution < -0.4 is 16.0 Å². The van der Waals surface area contributed by atoms with Crippen LogP contribution in [-0.2, 0) is 21.6 Å². The van der Waals surface area contributed by atoms with E-state index >= 15 is 0 Å². The van der Waals surface area contributed by atoms with Crippen LogP contribution in [0.25, 0.3) is 11.0 Å². The number of H-pyrrole nitrogens is 1. The third-order valence-electron chi connectivity index (χ3n) is 5.32. The standard InChI is InChI=1S/C24H29ClFN5O3/c1-23(2,3)20(32)34-13-24(4,15-9-10-17(26)16(25)11-15)31-21-29-18-8-6-7-14(19(18)30-21)12-28-22(33)27-5/h6-11H,12-13H2,1-5H3,(H2,27,28,33)(H2,29,30,31). The predicted molar refractivity (Wildman–Crippen MR) is 130 cm³/mol. The lowest BCUT2D eigenvalue weighted by atomic mass is 9.92. The average molecular weight is 490 g/mol. The fraction of sp³-hybridized carbons (Fsp3) is 0.375. The molecule has 0 fully saturated rings. The van der Waals surface area contributed by atoms with Gasteiger partial charge in [-0.1, -0.05) is 29.8 Å². The maximum absolute atomic E-state index is 13.8. The van der Waals surface area contributed by atoms with Gasteiger partial charge in [0.2, 0.25) is 5.95 Å². The molecule has 10 heteroatoms. The number of carbonyl (C=O) groups excluding carboxylic acids is 2. The molecule has 0 aliphatic heterocycles. The maximum Gasteiger partial charge on any atom is 0.314 e. The Hall–Kier alpha value is -3.33. The van der Waals surface area contributed by atoms with Gasteiger partial charge in [0.25, 0.3) is 0 Å². The molecule has 0 bridgehead atoms. The monoisotopic (exact) mass is 489 g/mol. The van der Waals surface area contributed by atoms with Gasteiger partial charge in [0.15, 0.2) is 0 Å². The number of para-hydroxylation sites is 1. The summed E-state index contributed by atoms with van der Waals surface area (Å²) in [4.78, 5) is 31.9. The number of benzene rings is 2. The number of nitrogens with zero attached hydrogens (tertiary/aromatic N) is 1. The molecule has 1 heterocycles. The number of anilines is 1. The summed E-state index contributed by atoms with van der Waals surface area (Å²) in [6.45, 7) is 7.35. The number of imidazole rings is 1. The number of halogens is 2. The molecule has 0 saturated carbocycles. The third-order valence-corrected chi connectivity index (χ3v) is 5.61. The fourth-order valence-electron chi connectivity index (χ4n) is 3.28. The van der Waals surface area contributed by atoms with Gasteiger partial charge in [-0.15, -0.1) is 0 Å². The van der Waals surface area contributed by atoms with Gasteiger partial charge < -0.3 is 25.7 Å². The molecule has 0 radical (unpaired) electrons. The first-order valence-corrected chi connectivity index (χ1v) is 11.1. The molecule has 34 heavy (non-hydrogen) atoms. The van der Waals surface area contributed by atoms with Gasteiger partial charge in [-0.05, 0) is 57.0 Å². The lowest BCUT2D eigenvalue weighted by Crippen LogP contribution is -2.40. The normalized spacial score (nSPS) is 13.3. The van der Waals surface area contributed by atoms with Crippen molar-refractivity contribution < 1.29 is 18.7 Å². The van der Waals surface area contributed by atoms with Crippen LogP contribution in [0.5, 0.6) is 0 Å². The molecular weight excluding hydrogens is 461 g/mol. The van der Waals surface area contributed by atoms with E-state index in [1.165, 1.54) is 12.1 Å². The van der Waals surface area contributed by atoms with Crippen molar-refractivity contribution in [1.29, 1.82) is 0 Å². The van der Waals surface area contributed by atoms with E-state index in [-0.39, 0.29) is 30.2 Å². The molecule has 3 aromatic rings. The van der Waals surface area contributed by atoms with Crippen LogP contribution in [0.2, 0.25) is 5.02 Å². The van der Waals surface area contributed by atoms with Crippen molar-refractivity contribution in [2.75, 3.05) is 19.0 Å². The Morgan fingerprint density at radius 1 is 1.18 bits per heavy atom. The first-order chi connectivity index (χ1) is 15.9. The minimum Gasteiger partial charge on any atom is -0.462 e. The van der Waals surface area contributed by atoms with E-state index in [4.69, 9.17) is 16.3 Å². The van der Waals surface area contributed by atoms with E-state index in [9.17, 15) is 14.0 Å². The lowest BCUT2D eigenvalue weighted by molar-refractivity contribution is -0.154. The number of hydrogen-bond acceptors (Lipinski definition) is 5. The highest BCUT2D eigenvalue weighted by Crippen LogP contribution is 2.31. The smallest absolute Gasteiger partial charge is 0.314 e. The van der Waals surface area contributed by atoms with Crippen LogP contribution in [0.3, 0.4) is 0 Å². The zero-order valence-electron chi connectivity index (χ0n) is 19.8. The van der Waals surface area contributed by atoms with Gasteiger partial charge in [0, 0.05) is 13.6 Å². The number of esters is 1. The molecule has 0 saturated heterocycles. The highest BCUT2D eigenvalue weighted by Gasteiger charge is 2.33. The predicted octanol–water partition coefficient (Wildman–Crippen LogP) is 4.70. The van der Waals surface area contributed by atoms with E-state index in [1.54, 1.807) is 33.9 Å². The molecule has 8 nitrogen and oxygen atoms in total. The van der Waals surface area contributed by atoms with Crippen LogP contribution in [-0.4, -0.2) is 35.6 Å². The van der Waals surface area contributed by atoms with E-state index in [0.717, 1.165) is 11.1 Å². The number of fused-ring (bicyclic) bond motifs is 1. The van der Waals surface area contributed by atoms with Gasteiger partial charge in [-0.3, -0.25) is 4.79 Å². The van der Waals surface area contributed by atoms with Crippen molar-refractivity contribution in [3.8, 4) is 0 Å².